The molecule has 0 fully saturated rings. The van der Waals surface area contributed by atoms with Gasteiger partial charge in [-0.25, -0.2) is 5.43 Å². The second-order valence-corrected chi connectivity index (χ2v) is 3.48. The van der Waals surface area contributed by atoms with E-state index in [4.69, 9.17) is 16.3 Å². The molecule has 1 amide bonds. The van der Waals surface area contributed by atoms with Crippen LogP contribution in [0, 0.1) is 0 Å². The summed E-state index contributed by atoms with van der Waals surface area (Å²) in [5.74, 6) is 0.456. The summed E-state index contributed by atoms with van der Waals surface area (Å²) in [5, 5.41) is 4.35. The number of rotatable bonds is 4. The summed E-state index contributed by atoms with van der Waals surface area (Å²) in [6.45, 7) is 3.84. The van der Waals surface area contributed by atoms with Gasteiger partial charge in [0.25, 0.3) is 0 Å². The Morgan fingerprint density at radius 2 is 2.38 bits per heavy atom. The lowest BCUT2D eigenvalue weighted by atomic mass is 10.2. The average Bonchev–Trinajstić information content (AvgIpc) is 2.21. The van der Waals surface area contributed by atoms with Crippen molar-refractivity contribution >= 4 is 23.7 Å². The maximum atomic E-state index is 10.6. The molecular weight excluding hydrogens is 228 g/mol. The van der Waals surface area contributed by atoms with E-state index in [9.17, 15) is 4.79 Å². The normalized spacial score (nSPS) is 10.4. The van der Waals surface area contributed by atoms with Gasteiger partial charge in [0, 0.05) is 17.5 Å². The third-order valence-corrected chi connectivity index (χ3v) is 1.93. The molecule has 0 heterocycles. The number of hydrogen-bond acceptors (Lipinski definition) is 3. The summed E-state index contributed by atoms with van der Waals surface area (Å²) < 4.78 is 5.39. The highest BCUT2D eigenvalue weighted by Crippen LogP contribution is 2.21. The number of amides is 1. The summed E-state index contributed by atoms with van der Waals surface area (Å²) >= 11 is 5.85. The zero-order valence-electron chi connectivity index (χ0n) is 9.16. The van der Waals surface area contributed by atoms with Crippen molar-refractivity contribution in [3.05, 3.63) is 28.8 Å². The van der Waals surface area contributed by atoms with Crippen molar-refractivity contribution in [1.29, 1.82) is 0 Å². The van der Waals surface area contributed by atoms with Crippen LogP contribution in [0.25, 0.3) is 0 Å². The number of hydrazone groups is 1. The van der Waals surface area contributed by atoms with E-state index in [1.807, 2.05) is 6.92 Å². The molecule has 0 atom stereocenters. The molecule has 0 unspecified atom stereocenters. The van der Waals surface area contributed by atoms with Crippen molar-refractivity contribution < 1.29 is 9.53 Å². The lowest BCUT2D eigenvalue weighted by Crippen LogP contribution is -2.12. The molecule has 0 aliphatic heterocycles. The molecule has 0 saturated heterocycles. The molecule has 0 aliphatic rings. The number of ether oxygens (including phenoxy) is 1. The molecule has 16 heavy (non-hydrogen) atoms. The fourth-order valence-corrected chi connectivity index (χ4v) is 1.28. The first-order valence-electron chi connectivity index (χ1n) is 4.85. The molecule has 1 aromatic carbocycles. The summed E-state index contributed by atoms with van der Waals surface area (Å²) in [6, 6.07) is 5.22. The first-order chi connectivity index (χ1) is 7.63. The quantitative estimate of drug-likeness (QED) is 0.648. The molecule has 4 nitrogen and oxygen atoms in total. The Balaban J connectivity index is 2.86. The van der Waals surface area contributed by atoms with Crippen molar-refractivity contribution in [3.8, 4) is 5.75 Å². The smallest absolute Gasteiger partial charge is 0.236 e. The predicted molar refractivity (Wildman–Crippen MR) is 64.0 cm³/mol. The van der Waals surface area contributed by atoms with E-state index < -0.39 is 0 Å². The molecular formula is C11H13ClN2O2. The molecule has 5 heteroatoms. The lowest BCUT2D eigenvalue weighted by molar-refractivity contribution is -0.118. The van der Waals surface area contributed by atoms with Crippen LogP contribution < -0.4 is 10.2 Å². The Morgan fingerprint density at radius 1 is 1.62 bits per heavy atom. The molecule has 1 rings (SSSR count). The zero-order valence-corrected chi connectivity index (χ0v) is 9.91. The van der Waals surface area contributed by atoms with Crippen molar-refractivity contribution in [2.24, 2.45) is 5.10 Å². The van der Waals surface area contributed by atoms with Crippen LogP contribution >= 0.6 is 11.6 Å². The van der Waals surface area contributed by atoms with Gasteiger partial charge in [0.05, 0.1) is 12.8 Å². The SMILES string of the molecule is CCOc1ccc(Cl)cc1/C=N\NC(C)=O. The Bertz CT molecular complexity index is 405. The van der Waals surface area contributed by atoms with E-state index in [1.54, 1.807) is 18.2 Å². The first kappa shape index (κ1) is 12.5. The van der Waals surface area contributed by atoms with Gasteiger partial charge in [-0.15, -0.1) is 0 Å². The van der Waals surface area contributed by atoms with Gasteiger partial charge < -0.3 is 4.74 Å². The number of halogens is 1. The van der Waals surface area contributed by atoms with Gasteiger partial charge in [-0.3, -0.25) is 4.79 Å². The summed E-state index contributed by atoms with van der Waals surface area (Å²) in [7, 11) is 0. The van der Waals surface area contributed by atoms with Gasteiger partial charge >= 0.3 is 0 Å². The Kier molecular flexibility index (Phi) is 4.79. The van der Waals surface area contributed by atoms with Crippen molar-refractivity contribution in [1.82, 2.24) is 5.43 Å². The van der Waals surface area contributed by atoms with Gasteiger partial charge in [-0.2, -0.15) is 5.10 Å². The minimum Gasteiger partial charge on any atom is -0.493 e. The molecule has 0 bridgehead atoms. The van der Waals surface area contributed by atoms with Crippen molar-refractivity contribution in [2.45, 2.75) is 13.8 Å². The second kappa shape index (κ2) is 6.12. The fourth-order valence-electron chi connectivity index (χ4n) is 1.10. The van der Waals surface area contributed by atoms with E-state index in [-0.39, 0.29) is 5.91 Å². The number of hydrogen-bond donors (Lipinski definition) is 1. The Morgan fingerprint density at radius 3 is 3.00 bits per heavy atom. The minimum atomic E-state index is -0.226. The standard InChI is InChI=1S/C11H13ClN2O2/c1-3-16-11-5-4-10(12)6-9(11)7-13-14-8(2)15/h4-7H,3H2,1-2H3,(H,14,15)/b13-7-. The zero-order chi connectivity index (χ0) is 12.0. The molecule has 0 spiro atoms. The van der Waals surface area contributed by atoms with E-state index in [1.165, 1.54) is 13.1 Å². The first-order valence-corrected chi connectivity index (χ1v) is 5.23. The van der Waals surface area contributed by atoms with Crippen LogP contribution in [0.15, 0.2) is 23.3 Å². The highest BCUT2D eigenvalue weighted by Gasteiger charge is 2.01. The summed E-state index contributed by atoms with van der Waals surface area (Å²) in [6.07, 6.45) is 1.50. The maximum Gasteiger partial charge on any atom is 0.236 e. The highest BCUT2D eigenvalue weighted by atomic mass is 35.5. The maximum absolute atomic E-state index is 10.6. The van der Waals surface area contributed by atoms with Crippen LogP contribution in [0.1, 0.15) is 19.4 Å². The average molecular weight is 241 g/mol. The summed E-state index contributed by atoms with van der Waals surface area (Å²) in [5.41, 5.74) is 3.04. The van der Waals surface area contributed by atoms with Crippen LogP contribution in [0.5, 0.6) is 5.75 Å². The van der Waals surface area contributed by atoms with E-state index in [0.717, 1.165) is 5.56 Å². The third-order valence-electron chi connectivity index (χ3n) is 1.70. The van der Waals surface area contributed by atoms with Crippen LogP contribution in [0.4, 0.5) is 0 Å². The van der Waals surface area contributed by atoms with Crippen LogP contribution in [-0.2, 0) is 4.79 Å². The molecule has 86 valence electrons. The van der Waals surface area contributed by atoms with Gasteiger partial charge in [-0.1, -0.05) is 11.6 Å². The number of carbonyl (C=O) groups is 1. The topological polar surface area (TPSA) is 50.7 Å². The molecule has 0 radical (unpaired) electrons. The van der Waals surface area contributed by atoms with Gasteiger partial charge in [0.15, 0.2) is 0 Å². The van der Waals surface area contributed by atoms with Crippen LogP contribution in [0.2, 0.25) is 5.02 Å². The molecule has 0 aliphatic carbocycles. The van der Waals surface area contributed by atoms with Gasteiger partial charge in [0.2, 0.25) is 5.91 Å². The van der Waals surface area contributed by atoms with E-state index in [2.05, 4.69) is 10.5 Å². The monoisotopic (exact) mass is 240 g/mol. The molecule has 0 aromatic heterocycles. The highest BCUT2D eigenvalue weighted by molar-refractivity contribution is 6.30. The fraction of sp³-hybridized carbons (Fsp3) is 0.273. The van der Waals surface area contributed by atoms with Gasteiger partial charge in [0.1, 0.15) is 5.75 Å². The van der Waals surface area contributed by atoms with Crippen molar-refractivity contribution in [3.63, 3.8) is 0 Å². The Hall–Kier alpha value is -1.55. The molecule has 0 saturated carbocycles. The summed E-state index contributed by atoms with van der Waals surface area (Å²) in [4.78, 5) is 10.6. The molecule has 1 N–H and O–H groups in total. The van der Waals surface area contributed by atoms with Crippen LogP contribution in [-0.4, -0.2) is 18.7 Å². The Labute approximate surface area is 99.2 Å². The van der Waals surface area contributed by atoms with E-state index in [0.29, 0.717) is 17.4 Å². The lowest BCUT2D eigenvalue weighted by Gasteiger charge is -2.06. The largest absolute Gasteiger partial charge is 0.493 e. The van der Waals surface area contributed by atoms with Crippen molar-refractivity contribution in [2.75, 3.05) is 6.61 Å². The van der Waals surface area contributed by atoms with E-state index >= 15 is 0 Å². The van der Waals surface area contributed by atoms with Gasteiger partial charge in [-0.05, 0) is 25.1 Å². The molecule has 1 aromatic rings. The van der Waals surface area contributed by atoms with Crippen LogP contribution in [0.3, 0.4) is 0 Å². The minimum absolute atomic E-state index is 0.226. The number of nitrogens with zero attached hydrogens (tertiary/aromatic N) is 1. The predicted octanol–water partition coefficient (Wildman–Crippen LogP) is 2.21. The third kappa shape index (κ3) is 3.90. The second-order valence-electron chi connectivity index (χ2n) is 3.04. The number of benzene rings is 1. The number of carbonyl (C=O) groups excluding carboxylic acids is 1. The number of nitrogens with one attached hydrogen (secondary N) is 1.